The molecule has 0 amide bonds. The number of ether oxygens (including phenoxy) is 2. The van der Waals surface area contributed by atoms with Gasteiger partial charge in [0.1, 0.15) is 17.1 Å². The van der Waals surface area contributed by atoms with E-state index in [9.17, 15) is 4.79 Å². The van der Waals surface area contributed by atoms with Gasteiger partial charge in [-0.2, -0.15) is 0 Å². The first-order valence-electron chi connectivity index (χ1n) is 12.7. The molecule has 2 rings (SSSR count). The summed E-state index contributed by atoms with van der Waals surface area (Å²) in [6, 6.07) is 4.19. The molecular formula is C28H46O4. The van der Waals surface area contributed by atoms with Gasteiger partial charge in [0.15, 0.2) is 0 Å². The Kier molecular flexibility index (Phi) is 10.4. The van der Waals surface area contributed by atoms with E-state index in [1.165, 1.54) is 43.2 Å². The Labute approximate surface area is 196 Å². The van der Waals surface area contributed by atoms with Gasteiger partial charge in [-0.3, -0.25) is 4.79 Å². The first-order chi connectivity index (χ1) is 15.1. The van der Waals surface area contributed by atoms with Crippen molar-refractivity contribution in [1.82, 2.24) is 0 Å². The number of carboxylic acids is 1. The molecule has 4 atom stereocenters. The molecule has 0 bridgehead atoms. The predicted molar refractivity (Wildman–Crippen MR) is 132 cm³/mol. The zero-order chi connectivity index (χ0) is 23.7. The number of methoxy groups -OCH3 is 1. The van der Waals surface area contributed by atoms with E-state index < -0.39 is 5.97 Å². The number of benzene rings is 1. The fourth-order valence-electron chi connectivity index (χ4n) is 4.96. The molecule has 0 saturated heterocycles. The van der Waals surface area contributed by atoms with E-state index in [0.29, 0.717) is 5.92 Å². The van der Waals surface area contributed by atoms with Gasteiger partial charge in [0.2, 0.25) is 0 Å². The summed E-state index contributed by atoms with van der Waals surface area (Å²) < 4.78 is 11.9. The molecule has 0 aliphatic carbocycles. The lowest BCUT2D eigenvalue weighted by Gasteiger charge is -2.37. The van der Waals surface area contributed by atoms with Crippen molar-refractivity contribution in [3.05, 3.63) is 23.3 Å². The summed E-state index contributed by atoms with van der Waals surface area (Å²) in [5.74, 6) is 2.56. The molecule has 0 spiro atoms. The minimum Gasteiger partial charge on any atom is -0.497 e. The molecule has 4 nitrogen and oxygen atoms in total. The molecule has 0 radical (unpaired) electrons. The molecule has 32 heavy (non-hydrogen) atoms. The highest BCUT2D eigenvalue weighted by Crippen LogP contribution is 2.40. The summed E-state index contributed by atoms with van der Waals surface area (Å²) in [7, 11) is 1.72. The molecule has 0 saturated carbocycles. The fourth-order valence-corrected chi connectivity index (χ4v) is 4.96. The molecule has 0 aromatic heterocycles. The predicted octanol–water partition coefficient (Wildman–Crippen LogP) is 7.59. The van der Waals surface area contributed by atoms with Crippen LogP contribution in [0, 0.1) is 24.7 Å². The summed E-state index contributed by atoms with van der Waals surface area (Å²) in [5, 5.41) is 8.98. The second-order valence-corrected chi connectivity index (χ2v) is 10.7. The van der Waals surface area contributed by atoms with Gasteiger partial charge < -0.3 is 14.6 Å². The van der Waals surface area contributed by atoms with Gasteiger partial charge in [0.05, 0.1) is 13.0 Å². The smallest absolute Gasteiger partial charge is 0.306 e. The summed E-state index contributed by atoms with van der Waals surface area (Å²) in [6.45, 7) is 10.9. The van der Waals surface area contributed by atoms with Crippen molar-refractivity contribution in [1.29, 1.82) is 0 Å². The number of aryl methyl sites for hydroxylation is 2. The van der Waals surface area contributed by atoms with E-state index in [0.717, 1.165) is 55.9 Å². The Balaban J connectivity index is 1.64. The van der Waals surface area contributed by atoms with Crippen molar-refractivity contribution in [2.75, 3.05) is 7.11 Å². The van der Waals surface area contributed by atoms with Crippen LogP contribution in [0.4, 0.5) is 0 Å². The van der Waals surface area contributed by atoms with Crippen molar-refractivity contribution in [2.45, 2.75) is 111 Å². The van der Waals surface area contributed by atoms with Crippen molar-refractivity contribution in [3.63, 3.8) is 0 Å². The summed E-state index contributed by atoms with van der Waals surface area (Å²) in [4.78, 5) is 10.9. The van der Waals surface area contributed by atoms with Crippen molar-refractivity contribution in [2.24, 2.45) is 17.8 Å². The van der Waals surface area contributed by atoms with E-state index in [2.05, 4.69) is 39.8 Å². The first-order valence-corrected chi connectivity index (χ1v) is 12.7. The second-order valence-electron chi connectivity index (χ2n) is 10.7. The Morgan fingerprint density at radius 1 is 1.06 bits per heavy atom. The third-order valence-corrected chi connectivity index (χ3v) is 7.38. The molecule has 1 aromatic carbocycles. The number of hydrogen-bond donors (Lipinski definition) is 1. The van der Waals surface area contributed by atoms with E-state index in [1.54, 1.807) is 7.11 Å². The number of carboxylic acid groups (broad SMARTS) is 1. The van der Waals surface area contributed by atoms with E-state index in [-0.39, 0.29) is 11.5 Å². The largest absolute Gasteiger partial charge is 0.497 e. The van der Waals surface area contributed by atoms with Gasteiger partial charge in [-0.25, -0.2) is 0 Å². The van der Waals surface area contributed by atoms with Gasteiger partial charge in [0, 0.05) is 0 Å². The zero-order valence-corrected chi connectivity index (χ0v) is 21.3. The summed E-state index contributed by atoms with van der Waals surface area (Å²) in [6.07, 6.45) is 12.5. The third kappa shape index (κ3) is 8.33. The van der Waals surface area contributed by atoms with Crippen LogP contribution in [0.15, 0.2) is 12.1 Å². The van der Waals surface area contributed by atoms with E-state index >= 15 is 0 Å². The Hall–Kier alpha value is -1.71. The van der Waals surface area contributed by atoms with Crippen LogP contribution in [0.5, 0.6) is 11.5 Å². The van der Waals surface area contributed by atoms with Gasteiger partial charge in [-0.1, -0.05) is 59.3 Å². The van der Waals surface area contributed by atoms with Crippen LogP contribution in [-0.4, -0.2) is 23.8 Å². The maximum absolute atomic E-state index is 10.9. The van der Waals surface area contributed by atoms with Crippen LogP contribution in [-0.2, 0) is 11.2 Å². The monoisotopic (exact) mass is 446 g/mol. The number of fused-ring (bicyclic) bond motifs is 1. The van der Waals surface area contributed by atoms with Crippen molar-refractivity contribution < 1.29 is 19.4 Å². The maximum atomic E-state index is 10.9. The molecule has 4 heteroatoms. The minimum atomic E-state index is -0.668. The van der Waals surface area contributed by atoms with E-state index in [1.807, 2.05) is 6.92 Å². The molecule has 1 heterocycles. The van der Waals surface area contributed by atoms with Crippen LogP contribution < -0.4 is 9.47 Å². The summed E-state index contributed by atoms with van der Waals surface area (Å²) >= 11 is 0. The molecular weight excluding hydrogens is 400 g/mol. The van der Waals surface area contributed by atoms with Crippen molar-refractivity contribution >= 4 is 5.97 Å². The van der Waals surface area contributed by atoms with Crippen LogP contribution >= 0.6 is 0 Å². The average Bonchev–Trinajstić information content (AvgIpc) is 2.74. The molecule has 0 fully saturated rings. The van der Waals surface area contributed by atoms with Gasteiger partial charge in [-0.15, -0.1) is 0 Å². The Bertz CT molecular complexity index is 728. The van der Waals surface area contributed by atoms with Crippen molar-refractivity contribution in [3.8, 4) is 11.5 Å². The lowest BCUT2D eigenvalue weighted by atomic mass is 9.85. The highest BCUT2D eigenvalue weighted by atomic mass is 16.5. The second kappa shape index (κ2) is 12.5. The highest BCUT2D eigenvalue weighted by molar-refractivity contribution is 5.69. The lowest BCUT2D eigenvalue weighted by Crippen LogP contribution is -2.36. The van der Waals surface area contributed by atoms with Gasteiger partial charge >= 0.3 is 5.97 Å². The molecule has 1 aliphatic rings. The number of hydrogen-bond acceptors (Lipinski definition) is 3. The third-order valence-electron chi connectivity index (χ3n) is 7.38. The lowest BCUT2D eigenvalue weighted by molar-refractivity contribution is -0.141. The van der Waals surface area contributed by atoms with Crippen LogP contribution in [0.25, 0.3) is 0 Å². The summed E-state index contributed by atoms with van der Waals surface area (Å²) in [5.41, 5.74) is 2.39. The van der Waals surface area contributed by atoms with E-state index in [4.69, 9.17) is 14.6 Å². The standard InChI is InChI=1S/C28H46O4/c1-20(12-8-14-22(3)27(29)30)10-7-11-21(2)13-9-16-28(5)17-15-24-19-25(31-6)18-23(4)26(24)32-28/h18-22H,7-17H2,1-6H3,(H,29,30). The molecule has 4 unspecified atom stereocenters. The minimum absolute atomic E-state index is 0.0618. The van der Waals surface area contributed by atoms with Crippen LogP contribution in [0.2, 0.25) is 0 Å². The average molecular weight is 447 g/mol. The van der Waals surface area contributed by atoms with Crippen LogP contribution in [0.3, 0.4) is 0 Å². The molecule has 1 N–H and O–H groups in total. The SMILES string of the molecule is COc1cc(C)c2c(c1)CCC(C)(CCCC(C)CCCC(C)CCCC(C)C(=O)O)O2. The number of carbonyl (C=O) groups is 1. The fraction of sp³-hybridized carbons (Fsp3) is 0.750. The quantitative estimate of drug-likeness (QED) is 0.320. The number of aliphatic carboxylic acids is 1. The molecule has 1 aliphatic heterocycles. The maximum Gasteiger partial charge on any atom is 0.306 e. The van der Waals surface area contributed by atoms with Gasteiger partial charge in [0.25, 0.3) is 0 Å². The first kappa shape index (κ1) is 26.5. The highest BCUT2D eigenvalue weighted by Gasteiger charge is 2.32. The van der Waals surface area contributed by atoms with Gasteiger partial charge in [-0.05, 0) is 81.0 Å². The van der Waals surface area contributed by atoms with Crippen LogP contribution in [0.1, 0.15) is 103 Å². The zero-order valence-electron chi connectivity index (χ0n) is 21.3. The topological polar surface area (TPSA) is 55.8 Å². The molecule has 1 aromatic rings. The normalized spacial score (nSPS) is 20.7. The number of rotatable bonds is 14. The Morgan fingerprint density at radius 3 is 2.25 bits per heavy atom. The molecule has 182 valence electrons. The Morgan fingerprint density at radius 2 is 1.66 bits per heavy atom.